The van der Waals surface area contributed by atoms with E-state index in [-0.39, 0.29) is 21.5 Å². The van der Waals surface area contributed by atoms with Crippen LogP contribution in [0, 0.1) is 0 Å². The van der Waals surface area contributed by atoms with Crippen molar-refractivity contribution in [3.8, 4) is 11.5 Å². The van der Waals surface area contributed by atoms with Crippen LogP contribution in [0.3, 0.4) is 0 Å². The summed E-state index contributed by atoms with van der Waals surface area (Å²) in [6.45, 7) is 2.84. The summed E-state index contributed by atoms with van der Waals surface area (Å²) in [5.41, 5.74) is 0. The van der Waals surface area contributed by atoms with Crippen molar-refractivity contribution in [3.63, 3.8) is 0 Å². The van der Waals surface area contributed by atoms with Gasteiger partial charge in [0.25, 0.3) is 0 Å². The molecule has 0 aliphatic carbocycles. The predicted molar refractivity (Wildman–Crippen MR) is 104 cm³/mol. The van der Waals surface area contributed by atoms with Crippen molar-refractivity contribution in [1.29, 1.82) is 0 Å². The van der Waals surface area contributed by atoms with Crippen LogP contribution in [0.15, 0.2) is 36.4 Å². The Hall–Kier alpha value is -1.66. The minimum atomic E-state index is -1.08. The lowest BCUT2D eigenvalue weighted by atomic mass is 10.3. The fraction of sp³-hybridized carbons (Fsp3) is 0.222. The van der Waals surface area contributed by atoms with Gasteiger partial charge in [-0.2, -0.15) is 0 Å². The molecule has 2 rings (SSSR count). The highest BCUT2D eigenvalue weighted by atomic mass is 35.5. The molecule has 27 heavy (non-hydrogen) atoms. The van der Waals surface area contributed by atoms with Gasteiger partial charge in [0.15, 0.2) is 12.2 Å². The van der Waals surface area contributed by atoms with Crippen LogP contribution in [0.25, 0.3) is 0 Å². The van der Waals surface area contributed by atoms with Crippen LogP contribution in [-0.2, 0) is 14.3 Å². The van der Waals surface area contributed by atoms with E-state index in [9.17, 15) is 9.59 Å². The molecule has 2 unspecified atom stereocenters. The van der Waals surface area contributed by atoms with Gasteiger partial charge in [0.2, 0.25) is 0 Å². The first-order chi connectivity index (χ1) is 12.7. The molecule has 9 heteroatoms. The van der Waals surface area contributed by atoms with Crippen molar-refractivity contribution < 1.29 is 23.8 Å². The SMILES string of the molecule is CC(Oc1ccc(Cl)cc1Cl)C(=O)OC(=O)C(C)Oc1ccc(Cl)cc1Cl. The van der Waals surface area contributed by atoms with Gasteiger partial charge >= 0.3 is 11.9 Å². The summed E-state index contributed by atoms with van der Waals surface area (Å²) in [7, 11) is 0. The third-order valence-electron chi connectivity index (χ3n) is 3.26. The molecule has 2 aromatic carbocycles. The van der Waals surface area contributed by atoms with Gasteiger partial charge in [-0.15, -0.1) is 0 Å². The third-order valence-corrected chi connectivity index (χ3v) is 4.32. The van der Waals surface area contributed by atoms with Gasteiger partial charge in [-0.1, -0.05) is 46.4 Å². The van der Waals surface area contributed by atoms with Gasteiger partial charge in [-0.05, 0) is 50.2 Å². The fourth-order valence-electron chi connectivity index (χ4n) is 1.88. The Labute approximate surface area is 176 Å². The topological polar surface area (TPSA) is 61.8 Å². The van der Waals surface area contributed by atoms with Gasteiger partial charge in [0.05, 0.1) is 10.0 Å². The normalized spacial score (nSPS) is 12.8. The zero-order chi connectivity index (χ0) is 20.1. The Bertz CT molecular complexity index is 786. The van der Waals surface area contributed by atoms with Crippen LogP contribution in [0.4, 0.5) is 0 Å². The van der Waals surface area contributed by atoms with Crippen molar-refractivity contribution in [2.24, 2.45) is 0 Å². The van der Waals surface area contributed by atoms with Gasteiger partial charge in [-0.25, -0.2) is 9.59 Å². The van der Waals surface area contributed by atoms with E-state index in [4.69, 9.17) is 60.6 Å². The van der Waals surface area contributed by atoms with Crippen molar-refractivity contribution in [2.45, 2.75) is 26.1 Å². The van der Waals surface area contributed by atoms with E-state index in [1.54, 1.807) is 12.1 Å². The lowest BCUT2D eigenvalue weighted by Gasteiger charge is -2.17. The number of hydrogen-bond acceptors (Lipinski definition) is 5. The summed E-state index contributed by atoms with van der Waals surface area (Å²) in [5.74, 6) is -1.34. The Balaban J connectivity index is 1.94. The smallest absolute Gasteiger partial charge is 0.354 e. The standard InChI is InChI=1S/C18H14Cl4O5/c1-9(25-15-5-3-11(19)7-13(15)21)17(23)27-18(24)10(2)26-16-6-4-12(20)8-14(16)22/h3-10H,1-2H3. The summed E-state index contributed by atoms with van der Waals surface area (Å²) in [6, 6.07) is 9.05. The summed E-state index contributed by atoms with van der Waals surface area (Å²) in [5, 5.41) is 1.29. The number of carbonyl (C=O) groups excluding carboxylic acids is 2. The number of ether oxygens (including phenoxy) is 3. The van der Waals surface area contributed by atoms with Crippen LogP contribution >= 0.6 is 46.4 Å². The molecule has 2 atom stereocenters. The first-order valence-corrected chi connectivity index (χ1v) is 9.17. The maximum Gasteiger partial charge on any atom is 0.354 e. The van der Waals surface area contributed by atoms with Crippen LogP contribution in [0.5, 0.6) is 11.5 Å². The quantitative estimate of drug-likeness (QED) is 0.422. The number of carbonyl (C=O) groups is 2. The summed E-state index contributed by atoms with van der Waals surface area (Å²) >= 11 is 23.6. The first kappa shape index (κ1) is 21.6. The van der Waals surface area contributed by atoms with Crippen molar-refractivity contribution >= 4 is 58.3 Å². The lowest BCUT2D eigenvalue weighted by Crippen LogP contribution is -2.34. The third kappa shape index (κ3) is 6.18. The largest absolute Gasteiger partial charge is 0.477 e. The number of esters is 2. The number of benzene rings is 2. The zero-order valence-electron chi connectivity index (χ0n) is 14.2. The molecular weight excluding hydrogens is 438 g/mol. The molecule has 0 aliphatic rings. The molecule has 2 aromatic rings. The van der Waals surface area contributed by atoms with Crippen molar-refractivity contribution in [3.05, 3.63) is 56.5 Å². The van der Waals surface area contributed by atoms with E-state index in [2.05, 4.69) is 0 Å². The number of halogens is 4. The lowest BCUT2D eigenvalue weighted by molar-refractivity contribution is -0.168. The molecule has 5 nitrogen and oxygen atoms in total. The minimum Gasteiger partial charge on any atom is -0.477 e. The van der Waals surface area contributed by atoms with Gasteiger partial charge < -0.3 is 14.2 Å². The van der Waals surface area contributed by atoms with E-state index in [1.807, 2.05) is 0 Å². The molecule has 0 heterocycles. The Morgan fingerprint density at radius 3 is 1.44 bits per heavy atom. The molecule has 0 saturated carbocycles. The minimum absolute atomic E-state index is 0.225. The monoisotopic (exact) mass is 450 g/mol. The maximum absolute atomic E-state index is 12.1. The van der Waals surface area contributed by atoms with Crippen molar-refractivity contribution in [2.75, 3.05) is 0 Å². The first-order valence-electron chi connectivity index (χ1n) is 7.66. The number of rotatable bonds is 6. The molecule has 0 radical (unpaired) electrons. The molecule has 0 aromatic heterocycles. The van der Waals surface area contributed by atoms with Gasteiger partial charge in [-0.3, -0.25) is 0 Å². The van der Waals surface area contributed by atoms with Crippen molar-refractivity contribution in [1.82, 2.24) is 0 Å². The van der Waals surface area contributed by atoms with E-state index in [0.717, 1.165) is 0 Å². The zero-order valence-corrected chi connectivity index (χ0v) is 17.2. The summed E-state index contributed by atoms with van der Waals surface area (Å²) in [6.07, 6.45) is -2.17. The van der Waals surface area contributed by atoms with Crippen LogP contribution < -0.4 is 9.47 Å². The van der Waals surface area contributed by atoms with E-state index in [0.29, 0.717) is 10.0 Å². The average molecular weight is 452 g/mol. The molecule has 0 aliphatic heterocycles. The second-order valence-corrected chi connectivity index (χ2v) is 7.10. The molecule has 144 valence electrons. The van der Waals surface area contributed by atoms with E-state index in [1.165, 1.54) is 38.1 Å². The maximum atomic E-state index is 12.1. The highest BCUT2D eigenvalue weighted by molar-refractivity contribution is 6.36. The summed E-state index contributed by atoms with van der Waals surface area (Å²) in [4.78, 5) is 24.1. The van der Waals surface area contributed by atoms with Crippen LogP contribution in [0.2, 0.25) is 20.1 Å². The molecule has 0 saturated heterocycles. The molecule has 0 N–H and O–H groups in total. The molecule has 0 fully saturated rings. The molecular formula is C18H14Cl4O5. The molecule has 0 amide bonds. The Morgan fingerprint density at radius 1 is 0.741 bits per heavy atom. The highest BCUT2D eigenvalue weighted by Gasteiger charge is 2.25. The van der Waals surface area contributed by atoms with E-state index < -0.39 is 24.1 Å². The van der Waals surface area contributed by atoms with Crippen LogP contribution in [-0.4, -0.2) is 24.1 Å². The fourth-order valence-corrected chi connectivity index (χ4v) is 2.79. The summed E-state index contributed by atoms with van der Waals surface area (Å²) < 4.78 is 15.6. The second-order valence-electron chi connectivity index (χ2n) is 5.41. The van der Waals surface area contributed by atoms with Crippen LogP contribution in [0.1, 0.15) is 13.8 Å². The molecule has 0 spiro atoms. The predicted octanol–water partition coefficient (Wildman–Crippen LogP) is 5.60. The highest BCUT2D eigenvalue weighted by Crippen LogP contribution is 2.29. The van der Waals surface area contributed by atoms with Gasteiger partial charge in [0, 0.05) is 10.0 Å². The molecule has 0 bridgehead atoms. The van der Waals surface area contributed by atoms with Gasteiger partial charge in [0.1, 0.15) is 11.5 Å². The average Bonchev–Trinajstić information content (AvgIpc) is 2.59. The second kappa shape index (κ2) is 9.51. The van der Waals surface area contributed by atoms with E-state index >= 15 is 0 Å². The Kier molecular flexibility index (Phi) is 7.62. The number of hydrogen-bond donors (Lipinski definition) is 0. The Morgan fingerprint density at radius 2 is 1.11 bits per heavy atom.